The van der Waals surface area contributed by atoms with Crippen LogP contribution in [0.5, 0.6) is 0 Å². The summed E-state index contributed by atoms with van der Waals surface area (Å²) >= 11 is 0. The fraction of sp³-hybridized carbons (Fsp3) is 0.762. The summed E-state index contributed by atoms with van der Waals surface area (Å²) in [7, 11) is 1.42. The van der Waals surface area contributed by atoms with Crippen LogP contribution in [0.4, 0.5) is 0 Å². The Hall–Kier alpha value is -2.07. The van der Waals surface area contributed by atoms with Gasteiger partial charge in [0, 0.05) is 12.8 Å². The molecular formula is C42H77NO9P+. The lowest BCUT2D eigenvalue weighted by molar-refractivity contribution is -0.870. The second-order valence-electron chi connectivity index (χ2n) is 14.8. The Morgan fingerprint density at radius 1 is 0.660 bits per heavy atom. The van der Waals surface area contributed by atoms with E-state index in [-0.39, 0.29) is 32.2 Å². The van der Waals surface area contributed by atoms with Crippen LogP contribution >= 0.6 is 7.82 Å². The highest BCUT2D eigenvalue weighted by Crippen LogP contribution is 2.43. The number of hydrogen-bond donors (Lipinski definition) is 2. The minimum Gasteiger partial charge on any atom is -0.462 e. The number of allylic oxidation sites excluding steroid dienone is 8. The van der Waals surface area contributed by atoms with Crippen LogP contribution in [0.3, 0.4) is 0 Å². The van der Waals surface area contributed by atoms with Gasteiger partial charge in [0.2, 0.25) is 0 Å². The molecule has 0 amide bonds. The molecule has 0 spiro atoms. The smallest absolute Gasteiger partial charge is 0.462 e. The highest BCUT2D eigenvalue weighted by Gasteiger charge is 2.27. The molecule has 10 nitrogen and oxygen atoms in total. The minimum atomic E-state index is -4.39. The van der Waals surface area contributed by atoms with Crippen molar-refractivity contribution < 1.29 is 47.2 Å². The molecule has 11 heteroatoms. The van der Waals surface area contributed by atoms with E-state index in [1.165, 1.54) is 51.4 Å². The van der Waals surface area contributed by atoms with Gasteiger partial charge >= 0.3 is 19.8 Å². The first kappa shape index (κ1) is 50.9. The number of phosphoric ester groups is 1. The highest BCUT2D eigenvalue weighted by atomic mass is 31.2. The van der Waals surface area contributed by atoms with E-state index in [1.807, 2.05) is 34.1 Å². The van der Waals surface area contributed by atoms with Gasteiger partial charge in [-0.15, -0.1) is 0 Å². The molecule has 0 aliphatic heterocycles. The fourth-order valence-electron chi connectivity index (χ4n) is 5.10. The Labute approximate surface area is 323 Å². The number of quaternary nitrogens is 1. The molecule has 3 atom stereocenters. The molecule has 0 radical (unpaired) electrons. The summed E-state index contributed by atoms with van der Waals surface area (Å²) in [5, 5.41) is 9.56. The predicted octanol–water partition coefficient (Wildman–Crippen LogP) is 10.1. The van der Waals surface area contributed by atoms with Gasteiger partial charge in [-0.05, 0) is 57.8 Å². The zero-order chi connectivity index (χ0) is 39.5. The Kier molecular flexibility index (Phi) is 33.1. The maximum absolute atomic E-state index is 12.6. The molecule has 53 heavy (non-hydrogen) atoms. The number of ether oxygens (including phenoxy) is 2. The third-order valence-corrected chi connectivity index (χ3v) is 9.51. The van der Waals surface area contributed by atoms with E-state index in [0.717, 1.165) is 57.8 Å². The SMILES string of the molecule is CCCCCCCCCCCCCC(=O)OCC(COP(=O)(O)OCC[N+](C)(C)C)OC(=O)CCC/C=C\C/C=C\C/C=C\C/C=C\CCC(O)CC. The standard InChI is InChI=1S/C42H76NO9P/c1-6-8-9-10-11-12-17-21-24-27-30-33-41(45)49-37-40(38-51-53(47,48)50-36-35-43(3,4)5)52-42(46)34-31-28-25-22-19-16-14-13-15-18-20-23-26-29-32-39(44)7-2/h14-16,18,22-23,25-26,39-40,44H,6-13,17,19-21,24,27-38H2,1-5H3/p+1/b16-14-,18-15-,25-22-,26-23-. The van der Waals surface area contributed by atoms with Crippen molar-refractivity contribution in [3.05, 3.63) is 48.6 Å². The molecule has 0 bridgehead atoms. The molecule has 0 saturated heterocycles. The van der Waals surface area contributed by atoms with Crippen molar-refractivity contribution in [2.45, 2.75) is 161 Å². The van der Waals surface area contributed by atoms with Crippen LogP contribution in [0.25, 0.3) is 0 Å². The normalized spacial score (nSPS) is 14.8. The van der Waals surface area contributed by atoms with E-state index >= 15 is 0 Å². The molecule has 0 aliphatic rings. The number of nitrogens with zero attached hydrogens (tertiary/aromatic N) is 1. The zero-order valence-electron chi connectivity index (χ0n) is 34.1. The number of aliphatic hydroxyl groups excluding tert-OH is 1. The molecule has 0 aliphatic carbocycles. The number of likely N-dealkylation sites (N-methyl/N-ethyl adjacent to an activating group) is 1. The van der Waals surface area contributed by atoms with E-state index in [4.69, 9.17) is 18.5 Å². The molecule has 2 N–H and O–H groups in total. The molecule has 0 fully saturated rings. The number of carbonyl (C=O) groups is 2. The van der Waals surface area contributed by atoms with Crippen LogP contribution < -0.4 is 0 Å². The first-order valence-corrected chi connectivity index (χ1v) is 21.9. The van der Waals surface area contributed by atoms with Crippen molar-refractivity contribution in [1.29, 1.82) is 0 Å². The summed E-state index contributed by atoms with van der Waals surface area (Å²) in [4.78, 5) is 35.2. The van der Waals surface area contributed by atoms with Gasteiger partial charge in [0.05, 0.1) is 33.9 Å². The highest BCUT2D eigenvalue weighted by molar-refractivity contribution is 7.47. The lowest BCUT2D eigenvalue weighted by Gasteiger charge is -2.24. The average molecular weight is 771 g/mol. The maximum atomic E-state index is 12.6. The molecule has 0 heterocycles. The number of phosphoric acid groups is 1. The summed E-state index contributed by atoms with van der Waals surface area (Å²) < 4.78 is 34.1. The molecule has 0 aromatic rings. The van der Waals surface area contributed by atoms with Gasteiger partial charge in [-0.2, -0.15) is 0 Å². The molecule has 0 aromatic heterocycles. The number of aliphatic hydroxyl groups is 1. The van der Waals surface area contributed by atoms with E-state index in [1.54, 1.807) is 0 Å². The number of esters is 2. The van der Waals surface area contributed by atoms with Crippen molar-refractivity contribution in [2.75, 3.05) is 47.5 Å². The number of unbranched alkanes of at least 4 members (excludes halogenated alkanes) is 11. The number of rotatable bonds is 36. The van der Waals surface area contributed by atoms with Crippen molar-refractivity contribution in [1.82, 2.24) is 0 Å². The van der Waals surface area contributed by atoms with Crippen LogP contribution in [-0.2, 0) is 32.7 Å². The maximum Gasteiger partial charge on any atom is 0.472 e. The Bertz CT molecular complexity index is 1070. The quantitative estimate of drug-likeness (QED) is 0.0210. The van der Waals surface area contributed by atoms with Crippen LogP contribution in [0.15, 0.2) is 48.6 Å². The average Bonchev–Trinajstić information content (AvgIpc) is 3.10. The van der Waals surface area contributed by atoms with E-state index in [0.29, 0.717) is 23.9 Å². The number of hydrogen-bond acceptors (Lipinski definition) is 8. The van der Waals surface area contributed by atoms with Crippen LogP contribution in [0.2, 0.25) is 0 Å². The third kappa shape index (κ3) is 38.0. The first-order valence-electron chi connectivity index (χ1n) is 20.4. The molecule has 3 unspecified atom stereocenters. The molecule has 0 aromatic carbocycles. The van der Waals surface area contributed by atoms with Gasteiger partial charge in [-0.1, -0.05) is 127 Å². The third-order valence-electron chi connectivity index (χ3n) is 8.53. The zero-order valence-corrected chi connectivity index (χ0v) is 35.0. The van der Waals surface area contributed by atoms with E-state index in [9.17, 15) is 24.2 Å². The van der Waals surface area contributed by atoms with Gasteiger partial charge in [0.15, 0.2) is 6.10 Å². The summed E-state index contributed by atoms with van der Waals surface area (Å²) in [6.07, 6.45) is 35.4. The summed E-state index contributed by atoms with van der Waals surface area (Å²) in [5.74, 6) is -0.886. The topological polar surface area (TPSA) is 129 Å². The minimum absolute atomic E-state index is 0.0146. The van der Waals surface area contributed by atoms with Crippen molar-refractivity contribution in [3.8, 4) is 0 Å². The lowest BCUT2D eigenvalue weighted by atomic mass is 10.1. The van der Waals surface area contributed by atoms with Crippen LogP contribution in [0, 0.1) is 0 Å². The van der Waals surface area contributed by atoms with Gasteiger partial charge in [-0.3, -0.25) is 18.6 Å². The predicted molar refractivity (Wildman–Crippen MR) is 216 cm³/mol. The van der Waals surface area contributed by atoms with Crippen LogP contribution in [0.1, 0.15) is 149 Å². The van der Waals surface area contributed by atoms with Gasteiger partial charge in [0.1, 0.15) is 19.8 Å². The largest absolute Gasteiger partial charge is 0.472 e. The second kappa shape index (κ2) is 34.4. The fourth-order valence-corrected chi connectivity index (χ4v) is 5.84. The van der Waals surface area contributed by atoms with Gasteiger partial charge in [-0.25, -0.2) is 4.57 Å². The van der Waals surface area contributed by atoms with Crippen LogP contribution in [-0.4, -0.2) is 86.1 Å². The number of carbonyl (C=O) groups excluding carboxylic acids is 2. The van der Waals surface area contributed by atoms with Crippen molar-refractivity contribution in [3.63, 3.8) is 0 Å². The van der Waals surface area contributed by atoms with Gasteiger partial charge < -0.3 is 24.0 Å². The van der Waals surface area contributed by atoms with Crippen molar-refractivity contribution in [2.24, 2.45) is 0 Å². The summed E-state index contributed by atoms with van der Waals surface area (Å²) in [6, 6.07) is 0. The van der Waals surface area contributed by atoms with Gasteiger partial charge in [0.25, 0.3) is 0 Å². The Morgan fingerprint density at radius 3 is 1.72 bits per heavy atom. The van der Waals surface area contributed by atoms with Crippen molar-refractivity contribution >= 4 is 19.8 Å². The summed E-state index contributed by atoms with van der Waals surface area (Å²) in [6.45, 7) is 4.04. The molecular weight excluding hydrogens is 693 g/mol. The first-order chi connectivity index (χ1) is 25.4. The second-order valence-corrected chi connectivity index (χ2v) is 16.3. The Morgan fingerprint density at radius 2 is 1.17 bits per heavy atom. The Balaban J connectivity index is 4.52. The van der Waals surface area contributed by atoms with E-state index < -0.39 is 32.5 Å². The summed E-state index contributed by atoms with van der Waals surface area (Å²) in [5.41, 5.74) is 0. The van der Waals surface area contributed by atoms with E-state index in [2.05, 4.69) is 49.5 Å². The monoisotopic (exact) mass is 771 g/mol. The molecule has 308 valence electrons. The lowest BCUT2D eigenvalue weighted by Crippen LogP contribution is -2.37. The molecule has 0 saturated carbocycles. The molecule has 0 rings (SSSR count).